The number of aliphatic hydroxyl groups excluding tert-OH is 1. The van der Waals surface area contributed by atoms with Crippen LogP contribution in [-0.4, -0.2) is 62.1 Å². The molecule has 0 aromatic heterocycles. The van der Waals surface area contributed by atoms with Gasteiger partial charge in [0.05, 0.1) is 6.61 Å². The summed E-state index contributed by atoms with van der Waals surface area (Å²) in [6.07, 6.45) is 1.87. The number of nitrogens with two attached hydrogens (primary N) is 1. The average molecular weight is 424 g/mol. The Balaban J connectivity index is 1.70. The summed E-state index contributed by atoms with van der Waals surface area (Å²) in [5.74, 6) is -1.04. The number of hydrogen-bond donors (Lipinski definition) is 4. The van der Waals surface area contributed by atoms with Gasteiger partial charge in [-0.15, -0.1) is 11.8 Å². The lowest BCUT2D eigenvalue weighted by Gasteiger charge is -2.49. The van der Waals surface area contributed by atoms with Crippen LogP contribution in [0.3, 0.4) is 0 Å². The normalized spacial score (nSPS) is 22.4. The van der Waals surface area contributed by atoms with Gasteiger partial charge in [0, 0.05) is 11.5 Å². The monoisotopic (exact) mass is 423 g/mol. The fraction of sp³-hybridized carbons (Fsp3) is 0.389. The van der Waals surface area contributed by atoms with Gasteiger partial charge in [-0.05, 0) is 23.0 Å². The number of thioether (sulfide) groups is 2. The highest BCUT2D eigenvalue weighted by molar-refractivity contribution is 8.00. The molecule has 1 fully saturated rings. The number of aliphatic hydroxyl groups is 1. The molecule has 28 heavy (non-hydrogen) atoms. The van der Waals surface area contributed by atoms with E-state index in [-0.39, 0.29) is 12.3 Å². The number of carbonyl (C=O) groups is 3. The number of amides is 2. The first-order valence-corrected chi connectivity index (χ1v) is 11.0. The molecule has 8 nitrogen and oxygen atoms in total. The fourth-order valence-electron chi connectivity index (χ4n) is 3.19. The molecule has 3 atom stereocenters. The molecule has 150 valence electrons. The molecule has 2 amide bonds. The second-order valence-electron chi connectivity index (χ2n) is 6.46. The van der Waals surface area contributed by atoms with E-state index >= 15 is 0 Å². The van der Waals surface area contributed by atoms with Crippen molar-refractivity contribution in [3.63, 3.8) is 0 Å². The van der Waals surface area contributed by atoms with Crippen molar-refractivity contribution in [2.75, 3.05) is 17.8 Å². The Kier molecular flexibility index (Phi) is 6.33. The van der Waals surface area contributed by atoms with Crippen molar-refractivity contribution in [3.8, 4) is 0 Å². The molecule has 2 aliphatic rings. The van der Waals surface area contributed by atoms with Crippen LogP contribution in [0.4, 0.5) is 0 Å². The molecule has 5 N–H and O–H groups in total. The first-order chi connectivity index (χ1) is 13.4. The largest absolute Gasteiger partial charge is 0.477 e. The molecule has 0 aliphatic carbocycles. The Morgan fingerprint density at radius 3 is 2.64 bits per heavy atom. The summed E-state index contributed by atoms with van der Waals surface area (Å²) in [5.41, 5.74) is 7.99. The summed E-state index contributed by atoms with van der Waals surface area (Å²) in [7, 11) is 0. The molecule has 2 heterocycles. The van der Waals surface area contributed by atoms with Crippen LogP contribution < -0.4 is 11.1 Å². The lowest BCUT2D eigenvalue weighted by atomic mass is 10.0. The SMILES string of the molecule is CSCC1=C(C(=O)O)N2C(=O)C(NC(=O)C(N)c3ccc(CO)cc3)[C@H]2SC1. The predicted octanol–water partition coefficient (Wildman–Crippen LogP) is 0.280. The maximum absolute atomic E-state index is 12.6. The van der Waals surface area contributed by atoms with Gasteiger partial charge < -0.3 is 21.3 Å². The van der Waals surface area contributed by atoms with Gasteiger partial charge in [-0.3, -0.25) is 14.5 Å². The highest BCUT2D eigenvalue weighted by Crippen LogP contribution is 2.41. The van der Waals surface area contributed by atoms with Crippen molar-refractivity contribution in [1.82, 2.24) is 10.2 Å². The van der Waals surface area contributed by atoms with E-state index in [4.69, 9.17) is 10.8 Å². The Morgan fingerprint density at radius 2 is 2.07 bits per heavy atom. The van der Waals surface area contributed by atoms with Gasteiger partial charge in [0.15, 0.2) is 0 Å². The highest BCUT2D eigenvalue weighted by Gasteiger charge is 2.54. The van der Waals surface area contributed by atoms with Gasteiger partial charge >= 0.3 is 5.97 Å². The van der Waals surface area contributed by atoms with E-state index in [0.717, 1.165) is 0 Å². The number of nitrogens with one attached hydrogen (secondary N) is 1. The third-order valence-electron chi connectivity index (χ3n) is 4.67. The number of hydrogen-bond acceptors (Lipinski definition) is 7. The van der Waals surface area contributed by atoms with Crippen LogP contribution >= 0.6 is 23.5 Å². The maximum Gasteiger partial charge on any atom is 0.352 e. The van der Waals surface area contributed by atoms with Crippen LogP contribution in [0.5, 0.6) is 0 Å². The van der Waals surface area contributed by atoms with E-state index in [1.807, 2.05) is 6.26 Å². The zero-order valence-electron chi connectivity index (χ0n) is 15.1. The Morgan fingerprint density at radius 1 is 1.39 bits per heavy atom. The molecule has 0 bridgehead atoms. The van der Waals surface area contributed by atoms with Gasteiger partial charge in [0.25, 0.3) is 5.91 Å². The predicted molar refractivity (Wildman–Crippen MR) is 107 cm³/mol. The Bertz CT molecular complexity index is 827. The summed E-state index contributed by atoms with van der Waals surface area (Å²) in [6, 6.07) is 4.88. The number of β-lactam (4-membered cyclic amide) rings is 1. The number of carboxylic acid groups (broad SMARTS) is 1. The van der Waals surface area contributed by atoms with Crippen molar-refractivity contribution < 1.29 is 24.6 Å². The van der Waals surface area contributed by atoms with E-state index in [0.29, 0.717) is 28.2 Å². The quantitative estimate of drug-likeness (QED) is 0.460. The smallest absolute Gasteiger partial charge is 0.352 e. The number of rotatable bonds is 7. The van der Waals surface area contributed by atoms with E-state index in [9.17, 15) is 19.5 Å². The number of aliphatic carboxylic acids is 1. The van der Waals surface area contributed by atoms with Crippen molar-refractivity contribution in [1.29, 1.82) is 0 Å². The van der Waals surface area contributed by atoms with Crippen LogP contribution in [0.15, 0.2) is 35.5 Å². The van der Waals surface area contributed by atoms with Crippen molar-refractivity contribution in [3.05, 3.63) is 46.7 Å². The first kappa shape index (κ1) is 20.7. The molecule has 10 heteroatoms. The first-order valence-electron chi connectivity index (χ1n) is 8.53. The molecular weight excluding hydrogens is 402 g/mol. The molecule has 3 rings (SSSR count). The maximum atomic E-state index is 12.6. The van der Waals surface area contributed by atoms with Crippen molar-refractivity contribution in [2.45, 2.75) is 24.1 Å². The third kappa shape index (κ3) is 3.77. The lowest BCUT2D eigenvalue weighted by Crippen LogP contribution is -2.71. The molecule has 2 aliphatic heterocycles. The van der Waals surface area contributed by atoms with Crippen LogP contribution in [0, 0.1) is 0 Å². The van der Waals surface area contributed by atoms with E-state index in [2.05, 4.69) is 5.32 Å². The summed E-state index contributed by atoms with van der Waals surface area (Å²) in [6.45, 7) is -0.106. The van der Waals surface area contributed by atoms with Gasteiger partial charge in [0.1, 0.15) is 23.2 Å². The fourth-order valence-corrected chi connectivity index (χ4v) is 5.26. The standard InChI is InChI=1S/C18H21N3O5S2/c1-27-7-11-8-28-17-13(16(24)21(17)14(11)18(25)26)20-15(23)12(19)10-4-2-9(6-22)3-5-10/h2-5,12-13,17,22H,6-8,19H2,1H3,(H,20,23)(H,25,26)/t12?,13?,17-/m1/s1. The summed E-state index contributed by atoms with van der Waals surface area (Å²) in [4.78, 5) is 38.0. The van der Waals surface area contributed by atoms with Gasteiger partial charge in [-0.25, -0.2) is 4.79 Å². The molecule has 0 saturated carbocycles. The number of carboxylic acids is 1. The molecule has 1 saturated heterocycles. The molecule has 1 aromatic carbocycles. The number of nitrogens with zero attached hydrogens (tertiary/aromatic N) is 1. The highest BCUT2D eigenvalue weighted by atomic mass is 32.2. The summed E-state index contributed by atoms with van der Waals surface area (Å²) >= 11 is 2.93. The second kappa shape index (κ2) is 8.56. The minimum absolute atomic E-state index is 0.0255. The van der Waals surface area contributed by atoms with Crippen LogP contribution in [0.1, 0.15) is 17.2 Å². The van der Waals surface area contributed by atoms with Gasteiger partial charge in [-0.2, -0.15) is 11.8 Å². The Labute approximate surface area is 170 Å². The topological polar surface area (TPSA) is 133 Å². The summed E-state index contributed by atoms with van der Waals surface area (Å²) < 4.78 is 0. The zero-order valence-corrected chi connectivity index (χ0v) is 16.8. The van der Waals surface area contributed by atoms with E-state index in [1.165, 1.54) is 28.4 Å². The molecular formula is C18H21N3O5S2. The average Bonchev–Trinajstić information content (AvgIpc) is 2.70. The van der Waals surface area contributed by atoms with Crippen molar-refractivity contribution in [2.24, 2.45) is 5.73 Å². The molecule has 0 radical (unpaired) electrons. The zero-order chi connectivity index (χ0) is 20.4. The van der Waals surface area contributed by atoms with E-state index in [1.54, 1.807) is 24.3 Å². The van der Waals surface area contributed by atoms with Gasteiger partial charge in [-0.1, -0.05) is 24.3 Å². The number of carbonyl (C=O) groups excluding carboxylic acids is 2. The number of benzene rings is 1. The summed E-state index contributed by atoms with van der Waals surface area (Å²) in [5, 5.41) is 20.8. The number of fused-ring (bicyclic) bond motifs is 1. The Hall–Kier alpha value is -2.01. The minimum Gasteiger partial charge on any atom is -0.477 e. The van der Waals surface area contributed by atoms with E-state index < -0.39 is 35.2 Å². The van der Waals surface area contributed by atoms with Crippen LogP contribution in [0.25, 0.3) is 0 Å². The third-order valence-corrected chi connectivity index (χ3v) is 6.65. The lowest BCUT2D eigenvalue weighted by molar-refractivity contribution is -0.150. The van der Waals surface area contributed by atoms with Crippen LogP contribution in [0.2, 0.25) is 0 Å². The minimum atomic E-state index is -1.13. The second-order valence-corrected chi connectivity index (χ2v) is 8.43. The van der Waals surface area contributed by atoms with Crippen LogP contribution in [-0.2, 0) is 21.0 Å². The molecule has 0 spiro atoms. The van der Waals surface area contributed by atoms with Crippen molar-refractivity contribution >= 4 is 41.3 Å². The molecule has 2 unspecified atom stereocenters. The molecule has 1 aromatic rings. The van der Waals surface area contributed by atoms with Gasteiger partial charge in [0.2, 0.25) is 5.91 Å².